The van der Waals surface area contributed by atoms with Crippen molar-refractivity contribution in [3.8, 4) is 0 Å². The summed E-state index contributed by atoms with van der Waals surface area (Å²) in [5.74, 6) is 0.396. The van der Waals surface area contributed by atoms with E-state index in [1.165, 1.54) is 0 Å². The first kappa shape index (κ1) is 13.9. The Balaban J connectivity index is 3.63. The number of aliphatic hydroxyl groups is 1. The Hall–Kier alpha value is -1.10. The van der Waals surface area contributed by atoms with Gasteiger partial charge in [0.15, 0.2) is 0 Å². The number of rotatable bonds is 8. The molecule has 5 nitrogen and oxygen atoms in total. The Morgan fingerprint density at radius 1 is 1.53 bits per heavy atom. The van der Waals surface area contributed by atoms with Crippen molar-refractivity contribution in [2.45, 2.75) is 32.8 Å². The van der Waals surface area contributed by atoms with Crippen molar-refractivity contribution in [2.75, 3.05) is 13.2 Å². The molecule has 0 aromatic rings. The van der Waals surface area contributed by atoms with E-state index in [1.807, 2.05) is 13.8 Å². The molecule has 0 aliphatic heterocycles. The molecule has 5 heteroatoms. The zero-order valence-corrected chi connectivity index (χ0v) is 9.23. The fourth-order valence-electron chi connectivity index (χ4n) is 0.970. The lowest BCUT2D eigenvalue weighted by Crippen LogP contribution is -2.35. The van der Waals surface area contributed by atoms with Crippen LogP contribution >= 0.6 is 0 Å². The van der Waals surface area contributed by atoms with E-state index in [1.54, 1.807) is 0 Å². The van der Waals surface area contributed by atoms with E-state index in [0.717, 1.165) is 6.42 Å². The predicted molar refractivity (Wildman–Crippen MR) is 55.1 cm³/mol. The molecular formula is C10H19NO4. The number of hydrogen-bond donors (Lipinski definition) is 2. The number of amides is 1. The highest BCUT2D eigenvalue weighted by molar-refractivity contribution is 5.75. The minimum atomic E-state index is -0.648. The van der Waals surface area contributed by atoms with Crippen molar-refractivity contribution in [3.63, 3.8) is 0 Å². The van der Waals surface area contributed by atoms with Gasteiger partial charge in [-0.15, -0.1) is 0 Å². The average molecular weight is 217 g/mol. The molecule has 0 spiro atoms. The van der Waals surface area contributed by atoms with Crippen LogP contribution in [0.1, 0.15) is 26.7 Å². The van der Waals surface area contributed by atoms with Crippen LogP contribution in [0.2, 0.25) is 0 Å². The third kappa shape index (κ3) is 7.93. The van der Waals surface area contributed by atoms with Gasteiger partial charge in [0.1, 0.15) is 6.10 Å². The summed E-state index contributed by atoms with van der Waals surface area (Å²) in [6.45, 7) is 4.22. The third-order valence-electron chi connectivity index (χ3n) is 1.93. The normalized spacial score (nSPS) is 12.3. The summed E-state index contributed by atoms with van der Waals surface area (Å²) >= 11 is 0. The van der Waals surface area contributed by atoms with Crippen LogP contribution in [0.25, 0.3) is 0 Å². The van der Waals surface area contributed by atoms with Gasteiger partial charge in [0.2, 0.25) is 5.91 Å². The molecule has 2 N–H and O–H groups in total. The van der Waals surface area contributed by atoms with Gasteiger partial charge < -0.3 is 15.2 Å². The Morgan fingerprint density at radius 2 is 2.20 bits per heavy atom. The van der Waals surface area contributed by atoms with E-state index in [-0.39, 0.29) is 25.5 Å². The molecule has 0 rings (SSSR count). The van der Waals surface area contributed by atoms with Gasteiger partial charge in [0.25, 0.3) is 6.47 Å². The van der Waals surface area contributed by atoms with E-state index in [2.05, 4.69) is 10.1 Å². The van der Waals surface area contributed by atoms with E-state index in [4.69, 9.17) is 5.11 Å². The second-order valence-corrected chi connectivity index (χ2v) is 3.77. The molecule has 1 amide bonds. The zero-order chi connectivity index (χ0) is 11.7. The monoisotopic (exact) mass is 217 g/mol. The maximum absolute atomic E-state index is 11.2. The summed E-state index contributed by atoms with van der Waals surface area (Å²) in [6.07, 6.45) is 0.631. The minimum absolute atomic E-state index is 0.0864. The molecule has 0 aromatic carbocycles. The topological polar surface area (TPSA) is 75.6 Å². The maximum Gasteiger partial charge on any atom is 0.293 e. The first-order valence-corrected chi connectivity index (χ1v) is 5.06. The molecule has 0 aromatic heterocycles. The van der Waals surface area contributed by atoms with Crippen molar-refractivity contribution in [2.24, 2.45) is 5.92 Å². The lowest BCUT2D eigenvalue weighted by molar-refractivity contribution is -0.136. The summed E-state index contributed by atoms with van der Waals surface area (Å²) in [5, 5.41) is 11.3. The molecule has 1 unspecified atom stereocenters. The van der Waals surface area contributed by atoms with Gasteiger partial charge in [0, 0.05) is 6.42 Å². The van der Waals surface area contributed by atoms with Crippen molar-refractivity contribution < 1.29 is 19.4 Å². The van der Waals surface area contributed by atoms with Crippen LogP contribution in [0.3, 0.4) is 0 Å². The highest BCUT2D eigenvalue weighted by Gasteiger charge is 2.09. The van der Waals surface area contributed by atoms with Crippen molar-refractivity contribution in [1.29, 1.82) is 0 Å². The van der Waals surface area contributed by atoms with Crippen LogP contribution in [-0.4, -0.2) is 36.7 Å². The highest BCUT2D eigenvalue weighted by Crippen LogP contribution is 2.02. The summed E-state index contributed by atoms with van der Waals surface area (Å²) in [7, 11) is 0. The standard InChI is InChI=1S/C10H19NO4/c1-8(2)3-4-10(14)11-5-9(6-12)15-7-13/h7-9,12H,3-6H2,1-2H3,(H,11,14). The fraction of sp³-hybridized carbons (Fsp3) is 0.800. The molecular weight excluding hydrogens is 198 g/mol. The second kappa shape index (κ2) is 8.23. The van der Waals surface area contributed by atoms with E-state index in [0.29, 0.717) is 12.3 Å². The summed E-state index contributed by atoms with van der Waals surface area (Å²) < 4.78 is 4.52. The quantitative estimate of drug-likeness (QED) is 0.564. The average Bonchev–Trinajstić information content (AvgIpc) is 2.21. The number of ether oxygens (including phenoxy) is 1. The molecule has 15 heavy (non-hydrogen) atoms. The summed E-state index contributed by atoms with van der Waals surface area (Å²) in [5.41, 5.74) is 0. The van der Waals surface area contributed by atoms with Gasteiger partial charge >= 0.3 is 0 Å². The van der Waals surface area contributed by atoms with E-state index in [9.17, 15) is 9.59 Å². The SMILES string of the molecule is CC(C)CCC(=O)NCC(CO)OC=O. The van der Waals surface area contributed by atoms with Gasteiger partial charge in [-0.1, -0.05) is 13.8 Å². The summed E-state index contributed by atoms with van der Waals surface area (Å²) in [6, 6.07) is 0. The first-order chi connectivity index (χ1) is 7.10. The molecule has 0 fully saturated rings. The molecule has 0 radical (unpaired) electrons. The van der Waals surface area contributed by atoms with Gasteiger partial charge in [-0.05, 0) is 12.3 Å². The number of aliphatic hydroxyl groups excluding tert-OH is 1. The minimum Gasteiger partial charge on any atom is -0.460 e. The number of carbonyl (C=O) groups is 2. The largest absolute Gasteiger partial charge is 0.460 e. The lowest BCUT2D eigenvalue weighted by Gasteiger charge is -2.13. The Bertz CT molecular complexity index is 194. The maximum atomic E-state index is 11.2. The van der Waals surface area contributed by atoms with Crippen molar-refractivity contribution >= 4 is 12.4 Å². The molecule has 0 saturated carbocycles. The van der Waals surface area contributed by atoms with Crippen LogP contribution < -0.4 is 5.32 Å². The number of nitrogens with one attached hydrogen (secondary N) is 1. The molecule has 0 heterocycles. The highest BCUT2D eigenvalue weighted by atomic mass is 16.5. The summed E-state index contributed by atoms with van der Waals surface area (Å²) in [4.78, 5) is 21.2. The van der Waals surface area contributed by atoms with Gasteiger partial charge in [0.05, 0.1) is 13.2 Å². The second-order valence-electron chi connectivity index (χ2n) is 3.77. The molecule has 0 bridgehead atoms. The van der Waals surface area contributed by atoms with Gasteiger partial charge in [-0.2, -0.15) is 0 Å². The Labute approximate surface area is 89.8 Å². The predicted octanol–water partition coefficient (Wildman–Crippen LogP) is 0.0727. The molecule has 1 atom stereocenters. The Kier molecular flexibility index (Phi) is 7.62. The van der Waals surface area contributed by atoms with Gasteiger partial charge in [-0.25, -0.2) is 0 Å². The third-order valence-corrected chi connectivity index (χ3v) is 1.93. The lowest BCUT2D eigenvalue weighted by atomic mass is 10.1. The van der Waals surface area contributed by atoms with E-state index < -0.39 is 6.10 Å². The number of hydrogen-bond acceptors (Lipinski definition) is 4. The van der Waals surface area contributed by atoms with Crippen LogP contribution in [0.15, 0.2) is 0 Å². The smallest absolute Gasteiger partial charge is 0.293 e. The van der Waals surface area contributed by atoms with E-state index >= 15 is 0 Å². The van der Waals surface area contributed by atoms with Crippen LogP contribution in [-0.2, 0) is 14.3 Å². The number of carbonyl (C=O) groups excluding carboxylic acids is 2. The molecule has 0 aliphatic carbocycles. The van der Waals surface area contributed by atoms with Crippen LogP contribution in [0, 0.1) is 5.92 Å². The Morgan fingerprint density at radius 3 is 2.67 bits per heavy atom. The van der Waals surface area contributed by atoms with Crippen molar-refractivity contribution in [1.82, 2.24) is 5.32 Å². The fourth-order valence-corrected chi connectivity index (χ4v) is 0.970. The molecule has 0 saturated heterocycles. The molecule has 0 aliphatic rings. The van der Waals surface area contributed by atoms with Crippen molar-refractivity contribution in [3.05, 3.63) is 0 Å². The molecule has 88 valence electrons. The first-order valence-electron chi connectivity index (χ1n) is 5.06. The van der Waals surface area contributed by atoms with Crippen LogP contribution in [0.5, 0.6) is 0 Å². The van der Waals surface area contributed by atoms with Crippen LogP contribution in [0.4, 0.5) is 0 Å². The zero-order valence-electron chi connectivity index (χ0n) is 9.23. The van der Waals surface area contributed by atoms with Gasteiger partial charge in [-0.3, -0.25) is 9.59 Å².